The van der Waals surface area contributed by atoms with Gasteiger partial charge >= 0.3 is 0 Å². The number of anilines is 2. The topological polar surface area (TPSA) is 55.0 Å². The van der Waals surface area contributed by atoms with E-state index in [1.807, 2.05) is 0 Å². The summed E-state index contributed by atoms with van der Waals surface area (Å²) in [6.07, 6.45) is 3.47. The van der Waals surface area contributed by atoms with Crippen LogP contribution in [0.15, 0.2) is 6.07 Å². The molecule has 0 atom stereocenters. The Balaban J connectivity index is 2.20. The smallest absolute Gasteiger partial charge is 0.222 e. The van der Waals surface area contributed by atoms with Crippen LogP contribution in [0.1, 0.15) is 32.4 Å². The van der Waals surface area contributed by atoms with Crippen molar-refractivity contribution in [1.82, 2.24) is 9.97 Å². The monoisotopic (exact) mass is 220 g/mol. The van der Waals surface area contributed by atoms with E-state index in [2.05, 4.69) is 34.8 Å². The standard InChI is InChI=1S/C12H20N4/c1-9(2)7-10-8-11(15-12(13)14-10)16-5-3-4-6-16/h8-9H,3-7H2,1-2H3,(H2,13,14,15). The number of rotatable bonds is 3. The molecule has 2 N–H and O–H groups in total. The van der Waals surface area contributed by atoms with E-state index in [0.29, 0.717) is 11.9 Å². The molecule has 0 radical (unpaired) electrons. The Morgan fingerprint density at radius 2 is 2.00 bits per heavy atom. The van der Waals surface area contributed by atoms with Crippen molar-refractivity contribution in [3.05, 3.63) is 11.8 Å². The molecule has 1 aromatic heterocycles. The minimum absolute atomic E-state index is 0.403. The molecule has 0 amide bonds. The maximum atomic E-state index is 5.75. The zero-order valence-corrected chi connectivity index (χ0v) is 10.1. The summed E-state index contributed by atoms with van der Waals surface area (Å²) in [5.41, 5.74) is 6.81. The number of nitrogen functional groups attached to an aromatic ring is 1. The molecule has 1 aromatic rings. The maximum Gasteiger partial charge on any atom is 0.222 e. The summed E-state index contributed by atoms with van der Waals surface area (Å²) >= 11 is 0. The van der Waals surface area contributed by atoms with Crippen LogP contribution in [0, 0.1) is 5.92 Å². The molecule has 1 saturated heterocycles. The molecule has 1 aliphatic heterocycles. The van der Waals surface area contributed by atoms with Crippen molar-refractivity contribution in [2.75, 3.05) is 23.7 Å². The van der Waals surface area contributed by atoms with Crippen molar-refractivity contribution in [3.8, 4) is 0 Å². The Bertz CT molecular complexity index is 356. The first-order valence-corrected chi connectivity index (χ1v) is 6.03. The molecular formula is C12H20N4. The van der Waals surface area contributed by atoms with Gasteiger partial charge in [0.15, 0.2) is 0 Å². The fourth-order valence-electron chi connectivity index (χ4n) is 2.13. The molecule has 2 rings (SSSR count). The van der Waals surface area contributed by atoms with Crippen LogP contribution in [0.2, 0.25) is 0 Å². The molecule has 4 nitrogen and oxygen atoms in total. The van der Waals surface area contributed by atoms with Crippen LogP contribution in [0.3, 0.4) is 0 Å². The largest absolute Gasteiger partial charge is 0.368 e. The normalized spacial score (nSPS) is 16.1. The van der Waals surface area contributed by atoms with Gasteiger partial charge < -0.3 is 10.6 Å². The Kier molecular flexibility index (Phi) is 3.27. The van der Waals surface area contributed by atoms with Crippen LogP contribution in [-0.4, -0.2) is 23.1 Å². The maximum absolute atomic E-state index is 5.75. The first-order chi connectivity index (χ1) is 7.65. The van der Waals surface area contributed by atoms with Crippen LogP contribution < -0.4 is 10.6 Å². The summed E-state index contributed by atoms with van der Waals surface area (Å²) in [7, 11) is 0. The van der Waals surface area contributed by atoms with E-state index in [1.54, 1.807) is 0 Å². The highest BCUT2D eigenvalue weighted by Crippen LogP contribution is 2.20. The molecule has 2 heterocycles. The van der Waals surface area contributed by atoms with Crippen molar-refractivity contribution < 1.29 is 0 Å². The molecule has 0 spiro atoms. The van der Waals surface area contributed by atoms with Crippen molar-refractivity contribution in [2.45, 2.75) is 33.1 Å². The van der Waals surface area contributed by atoms with Gasteiger partial charge in [-0.2, -0.15) is 4.98 Å². The molecule has 0 aliphatic carbocycles. The molecule has 0 bridgehead atoms. The van der Waals surface area contributed by atoms with Gasteiger partial charge in [-0.15, -0.1) is 0 Å². The van der Waals surface area contributed by atoms with Gasteiger partial charge in [0, 0.05) is 24.8 Å². The summed E-state index contributed by atoms with van der Waals surface area (Å²) in [4.78, 5) is 10.9. The second kappa shape index (κ2) is 4.68. The Hall–Kier alpha value is -1.32. The zero-order chi connectivity index (χ0) is 11.5. The van der Waals surface area contributed by atoms with Gasteiger partial charge in [0.05, 0.1) is 0 Å². The third kappa shape index (κ3) is 2.62. The van der Waals surface area contributed by atoms with Crippen molar-refractivity contribution >= 4 is 11.8 Å². The highest BCUT2D eigenvalue weighted by molar-refractivity contribution is 5.44. The average molecular weight is 220 g/mol. The van der Waals surface area contributed by atoms with Crippen LogP contribution in [0.5, 0.6) is 0 Å². The first-order valence-electron chi connectivity index (χ1n) is 6.03. The minimum Gasteiger partial charge on any atom is -0.368 e. The summed E-state index contributed by atoms with van der Waals surface area (Å²) in [5.74, 6) is 2.00. The Morgan fingerprint density at radius 3 is 2.62 bits per heavy atom. The van der Waals surface area contributed by atoms with E-state index in [0.717, 1.165) is 31.0 Å². The number of hydrogen-bond acceptors (Lipinski definition) is 4. The lowest BCUT2D eigenvalue weighted by atomic mass is 10.1. The minimum atomic E-state index is 0.403. The van der Waals surface area contributed by atoms with E-state index < -0.39 is 0 Å². The van der Waals surface area contributed by atoms with Gasteiger partial charge in [0.1, 0.15) is 5.82 Å². The van der Waals surface area contributed by atoms with Crippen LogP contribution in [0.25, 0.3) is 0 Å². The van der Waals surface area contributed by atoms with E-state index in [9.17, 15) is 0 Å². The molecule has 0 unspecified atom stereocenters. The van der Waals surface area contributed by atoms with E-state index >= 15 is 0 Å². The molecule has 0 saturated carbocycles. The van der Waals surface area contributed by atoms with Gasteiger partial charge in [-0.25, -0.2) is 4.98 Å². The second-order valence-corrected chi connectivity index (χ2v) is 4.87. The summed E-state index contributed by atoms with van der Waals surface area (Å²) < 4.78 is 0. The van der Waals surface area contributed by atoms with Gasteiger partial charge in [-0.05, 0) is 25.2 Å². The number of hydrogen-bond donors (Lipinski definition) is 1. The molecule has 0 aromatic carbocycles. The fourth-order valence-corrected chi connectivity index (χ4v) is 2.13. The first kappa shape index (κ1) is 11.2. The predicted octanol–water partition coefficient (Wildman–Crippen LogP) is 1.86. The molecular weight excluding hydrogens is 200 g/mol. The average Bonchev–Trinajstić information content (AvgIpc) is 2.67. The zero-order valence-electron chi connectivity index (χ0n) is 10.1. The highest BCUT2D eigenvalue weighted by atomic mass is 15.2. The highest BCUT2D eigenvalue weighted by Gasteiger charge is 2.15. The third-order valence-electron chi connectivity index (χ3n) is 2.83. The molecule has 1 aliphatic rings. The lowest BCUT2D eigenvalue weighted by molar-refractivity contribution is 0.634. The molecule has 1 fully saturated rings. The van der Waals surface area contributed by atoms with Crippen molar-refractivity contribution in [3.63, 3.8) is 0 Å². The summed E-state index contributed by atoms with van der Waals surface area (Å²) in [6.45, 7) is 6.57. The van der Waals surface area contributed by atoms with Gasteiger partial charge in [0.2, 0.25) is 5.95 Å². The van der Waals surface area contributed by atoms with Crippen LogP contribution in [-0.2, 0) is 6.42 Å². The molecule has 4 heteroatoms. The van der Waals surface area contributed by atoms with Crippen molar-refractivity contribution in [1.29, 1.82) is 0 Å². The van der Waals surface area contributed by atoms with E-state index in [4.69, 9.17) is 5.73 Å². The summed E-state index contributed by atoms with van der Waals surface area (Å²) in [6, 6.07) is 2.08. The lowest BCUT2D eigenvalue weighted by Crippen LogP contribution is -2.20. The number of nitrogens with zero attached hydrogens (tertiary/aromatic N) is 3. The van der Waals surface area contributed by atoms with Gasteiger partial charge in [-0.1, -0.05) is 13.8 Å². The Labute approximate surface area is 96.9 Å². The molecule has 88 valence electrons. The van der Waals surface area contributed by atoms with Crippen LogP contribution in [0.4, 0.5) is 11.8 Å². The van der Waals surface area contributed by atoms with Crippen molar-refractivity contribution in [2.24, 2.45) is 5.92 Å². The summed E-state index contributed by atoms with van der Waals surface area (Å²) in [5, 5.41) is 0. The number of aromatic nitrogens is 2. The van der Waals surface area contributed by atoms with Gasteiger partial charge in [0.25, 0.3) is 0 Å². The lowest BCUT2D eigenvalue weighted by Gasteiger charge is -2.17. The third-order valence-corrected chi connectivity index (χ3v) is 2.83. The second-order valence-electron chi connectivity index (χ2n) is 4.87. The van der Waals surface area contributed by atoms with Crippen LogP contribution >= 0.6 is 0 Å². The van der Waals surface area contributed by atoms with Gasteiger partial charge in [-0.3, -0.25) is 0 Å². The fraction of sp³-hybridized carbons (Fsp3) is 0.667. The van der Waals surface area contributed by atoms with E-state index in [-0.39, 0.29) is 0 Å². The SMILES string of the molecule is CC(C)Cc1cc(N2CCCC2)nc(N)n1. The Morgan fingerprint density at radius 1 is 1.31 bits per heavy atom. The predicted molar refractivity (Wildman–Crippen MR) is 66.4 cm³/mol. The number of nitrogens with two attached hydrogens (primary N) is 1. The quantitative estimate of drug-likeness (QED) is 0.844. The molecule has 16 heavy (non-hydrogen) atoms. The van der Waals surface area contributed by atoms with E-state index in [1.165, 1.54) is 12.8 Å².